The maximum atomic E-state index is 14.2. The predicted octanol–water partition coefficient (Wildman–Crippen LogP) is 24.0. The monoisotopic (exact) mass is 1840 g/mol. The highest BCUT2D eigenvalue weighted by molar-refractivity contribution is 5.94. The van der Waals surface area contributed by atoms with Crippen LogP contribution in [0.4, 0.5) is 44.7 Å². The van der Waals surface area contributed by atoms with Gasteiger partial charge in [0.25, 0.3) is 0 Å². The molecule has 20 rings (SSSR count). The van der Waals surface area contributed by atoms with Crippen LogP contribution in [0.15, 0.2) is 329 Å². The number of halogens is 5. The number of nitrogen functional groups attached to an aromatic ring is 3. The number of aromatic hydroxyl groups is 1. The van der Waals surface area contributed by atoms with E-state index in [0.29, 0.717) is 73.3 Å². The Hall–Kier alpha value is -18.7. The summed E-state index contributed by atoms with van der Waals surface area (Å²) in [6, 6.07) is 75.7. The number of ether oxygens (including phenoxy) is 1. The van der Waals surface area contributed by atoms with Crippen LogP contribution in [0.2, 0.25) is 0 Å². The molecular formula is C110H89F5N22O2. The molecule has 20 aromatic rings. The standard InChI is InChI=1S/C20H16FN3O.C19H17N3O.C18H13FN4.C18H15FN4.C18H16N4.C17H12F2N4/c1-24-18-10-13(5-6-15(18)12-23-24)16-4-3-9-22-20(16)14-7-8-17(21)19(11-14)25-2;1-21-18-11-13(7-8-15(18)12-20)17-6-3-9-22-19(17)14-4-2-5-16(23)10-14;1-11-7-12(4-5-15(11)19)18-14(3-2-6-20-18)13-8-16-17(21-9-13)10-22-23-16;1-11-4-5-15(19)14(7-11)18-13(3-2-6-22-18)12-8-16(21)17(9-20)23-10-12;1-12-4-2-5-13(8-12)18-15(6-3-7-21-18)14-9-16(20)17(10-19)22-11-14;18-13-4-3-10(6-14(13)19)17-12(2-1-5-22-17)11-7-15(21)16(8-20)23-9-11/h3-12H,1-2H3;2-12,20-21,23H,1H3;2-10H,1H3,(H,22,23);2-10,20H,21H2,1H3;2-11,19H,20H2,1H3;1-9,20H,21H2. The Balaban J connectivity index is 0.000000126. The maximum absolute atomic E-state index is 14.2. The number of anilines is 4. The SMILES string of the molecule is CNc1cc(-c2cccnc2-c2cccc(O)c2)ccc1C=N.COc1cc(-c2ncccc2-c2ccc3cnn(C)c3c2)ccc1F.Cc1cc(-c2ncccc2-c2cnc3cn[nH]c3c2)ccc1F.Cc1ccc(F)c(-c2ncccc2-c2cnc(C=N)c(N)c2)c1.Cc1cccc(-c2ncccc2-c2cnc(C=N)c(N)c2)c1.N=Cc1ncc(-c2cccnc2-c2ccc(F)c(F)c2)cc1N. The van der Waals surface area contributed by atoms with Gasteiger partial charge >= 0.3 is 0 Å². The molecule has 0 aliphatic carbocycles. The zero-order valence-corrected chi connectivity index (χ0v) is 75.8. The van der Waals surface area contributed by atoms with Gasteiger partial charge < -0.3 is 54.0 Å². The Kier molecular flexibility index (Phi) is 29.9. The lowest BCUT2D eigenvalue weighted by Crippen LogP contribution is -1.98. The minimum absolute atomic E-state index is 0.205. The van der Waals surface area contributed by atoms with Crippen molar-refractivity contribution in [1.29, 1.82) is 21.6 Å². The summed E-state index contributed by atoms with van der Waals surface area (Å²) in [6.45, 7) is 5.72. The van der Waals surface area contributed by atoms with Crippen molar-refractivity contribution in [2.24, 2.45) is 7.05 Å². The normalized spacial score (nSPS) is 10.6. The average Bonchev–Trinajstić information content (AvgIpc) is 1.77. The molecular weight excluding hydrogens is 1760 g/mol. The number of fused-ring (bicyclic) bond motifs is 2. The van der Waals surface area contributed by atoms with Crippen molar-refractivity contribution in [3.05, 3.63) is 398 Å². The fraction of sp³-hybridized carbons (Fsp3) is 0.0545. The van der Waals surface area contributed by atoms with Crippen molar-refractivity contribution in [1.82, 2.24) is 69.8 Å². The molecule has 0 amide bonds. The number of phenols is 1. The van der Waals surface area contributed by atoms with E-state index in [1.165, 1.54) is 43.2 Å². The lowest BCUT2D eigenvalue weighted by Gasteiger charge is -2.12. The van der Waals surface area contributed by atoms with Crippen LogP contribution >= 0.6 is 0 Å². The second kappa shape index (κ2) is 43.8. The number of nitrogens with one attached hydrogen (secondary N) is 6. The number of hydrogen-bond donors (Lipinski definition) is 10. The predicted molar refractivity (Wildman–Crippen MR) is 542 cm³/mol. The molecule has 0 fully saturated rings. The molecule has 0 unspecified atom stereocenters. The van der Waals surface area contributed by atoms with Crippen molar-refractivity contribution < 1.29 is 31.8 Å². The number of aromatic amines is 1. The molecule has 0 radical (unpaired) electrons. The number of pyridine rings is 10. The van der Waals surface area contributed by atoms with Gasteiger partial charge in [0.1, 0.15) is 40.0 Å². The number of methoxy groups -OCH3 is 1. The van der Waals surface area contributed by atoms with E-state index >= 15 is 0 Å². The number of rotatable bonds is 18. The maximum Gasteiger partial charge on any atom is 0.165 e. The second-order valence-corrected chi connectivity index (χ2v) is 31.5. The van der Waals surface area contributed by atoms with Crippen molar-refractivity contribution >= 4 is 69.5 Å². The van der Waals surface area contributed by atoms with Crippen LogP contribution in [0.1, 0.15) is 39.3 Å². The lowest BCUT2D eigenvalue weighted by molar-refractivity contribution is 0.387. The average molecular weight is 1850 g/mol. The Morgan fingerprint density at radius 3 is 1.28 bits per heavy atom. The van der Waals surface area contributed by atoms with Gasteiger partial charge in [0.05, 0.1) is 81.8 Å². The Morgan fingerprint density at radius 1 is 0.360 bits per heavy atom. The molecule has 8 aromatic carbocycles. The van der Waals surface area contributed by atoms with Crippen LogP contribution < -0.4 is 27.3 Å². The van der Waals surface area contributed by atoms with Crippen molar-refractivity contribution in [3.63, 3.8) is 0 Å². The summed E-state index contributed by atoms with van der Waals surface area (Å²) in [5, 5.41) is 54.3. The van der Waals surface area contributed by atoms with Crippen LogP contribution in [-0.2, 0) is 7.05 Å². The molecule has 13 N–H and O–H groups in total. The summed E-state index contributed by atoms with van der Waals surface area (Å²) in [6.07, 6.45) is 25.1. The van der Waals surface area contributed by atoms with E-state index in [-0.39, 0.29) is 29.0 Å². The van der Waals surface area contributed by atoms with Gasteiger partial charge in [-0.25, -0.2) is 22.0 Å². The lowest BCUT2D eigenvalue weighted by atomic mass is 9.97. The highest BCUT2D eigenvalue weighted by Crippen LogP contribution is 2.41. The van der Waals surface area contributed by atoms with Gasteiger partial charge in [0.15, 0.2) is 23.2 Å². The minimum atomic E-state index is -0.934. The highest BCUT2D eigenvalue weighted by Gasteiger charge is 2.21. The summed E-state index contributed by atoms with van der Waals surface area (Å²) in [5.74, 6) is -2.35. The fourth-order valence-electron chi connectivity index (χ4n) is 15.3. The molecule has 0 bridgehead atoms. The van der Waals surface area contributed by atoms with E-state index in [1.54, 1.807) is 154 Å². The van der Waals surface area contributed by atoms with Gasteiger partial charge in [-0.15, -0.1) is 0 Å². The number of aromatic nitrogens is 14. The molecule has 0 atom stereocenters. The fourth-order valence-corrected chi connectivity index (χ4v) is 15.3. The largest absolute Gasteiger partial charge is 0.508 e. The number of nitrogens with zero attached hydrogens (tertiary/aromatic N) is 13. The van der Waals surface area contributed by atoms with Crippen LogP contribution in [0.5, 0.6) is 11.5 Å². The molecule has 0 aliphatic heterocycles. The Labute approximate surface area is 796 Å². The number of phenolic OH excluding ortho intramolecular Hbond substituents is 1. The highest BCUT2D eigenvalue weighted by atomic mass is 19.2. The van der Waals surface area contributed by atoms with Gasteiger partial charge in [-0.1, -0.05) is 108 Å². The van der Waals surface area contributed by atoms with Gasteiger partial charge in [0, 0.05) is 207 Å². The number of hydrogen-bond acceptors (Lipinski definition) is 22. The van der Waals surface area contributed by atoms with Crippen LogP contribution in [-0.4, -0.2) is 114 Å². The molecule has 12 heterocycles. The molecule has 0 aliphatic rings. The van der Waals surface area contributed by atoms with Crippen LogP contribution in [0, 0.1) is 71.5 Å². The summed E-state index contributed by atoms with van der Waals surface area (Å²) in [4.78, 5) is 43.5. The zero-order chi connectivity index (χ0) is 97.8. The third-order valence-corrected chi connectivity index (χ3v) is 22.3. The molecule has 686 valence electrons. The second-order valence-electron chi connectivity index (χ2n) is 31.5. The molecule has 0 saturated carbocycles. The van der Waals surface area contributed by atoms with E-state index < -0.39 is 11.6 Å². The Bertz CT molecular complexity index is 7950. The van der Waals surface area contributed by atoms with Gasteiger partial charge in [-0.3, -0.25) is 59.6 Å². The quantitative estimate of drug-likeness (QED) is 0.0282. The van der Waals surface area contributed by atoms with E-state index in [1.807, 2.05) is 153 Å². The van der Waals surface area contributed by atoms with Gasteiger partial charge in [0.2, 0.25) is 0 Å². The number of aryl methyl sites for hydroxylation is 4. The molecule has 29 heteroatoms. The van der Waals surface area contributed by atoms with Crippen molar-refractivity contribution in [2.45, 2.75) is 20.8 Å². The number of H-pyrrole nitrogens is 1. The first-order valence-corrected chi connectivity index (χ1v) is 43.2. The van der Waals surface area contributed by atoms with E-state index in [9.17, 15) is 27.1 Å². The van der Waals surface area contributed by atoms with Gasteiger partial charge in [-0.2, -0.15) is 10.2 Å². The Morgan fingerprint density at radius 2 is 0.791 bits per heavy atom. The molecule has 0 saturated heterocycles. The number of benzene rings is 8. The molecule has 24 nitrogen and oxygen atoms in total. The summed E-state index contributed by atoms with van der Waals surface area (Å²) < 4.78 is 75.1. The van der Waals surface area contributed by atoms with Crippen LogP contribution in [0.25, 0.3) is 156 Å². The molecule has 0 spiro atoms. The van der Waals surface area contributed by atoms with Crippen molar-refractivity contribution in [2.75, 3.05) is 36.7 Å². The van der Waals surface area contributed by atoms with E-state index in [4.69, 9.17) is 43.6 Å². The molecule has 12 aromatic heterocycles. The third kappa shape index (κ3) is 22.2. The topological polar surface area (TPSA) is 390 Å². The summed E-state index contributed by atoms with van der Waals surface area (Å²) >= 11 is 0. The third-order valence-electron chi connectivity index (χ3n) is 22.3. The first-order chi connectivity index (χ1) is 67.5. The smallest absolute Gasteiger partial charge is 0.165 e. The molecule has 139 heavy (non-hydrogen) atoms. The summed E-state index contributed by atoms with van der Waals surface area (Å²) in [7, 11) is 5.21. The zero-order valence-electron chi connectivity index (χ0n) is 75.8. The van der Waals surface area contributed by atoms with Crippen molar-refractivity contribution in [3.8, 4) is 146 Å². The summed E-state index contributed by atoms with van der Waals surface area (Å²) in [5.41, 5.74) is 46.8. The first-order valence-electron chi connectivity index (χ1n) is 43.2. The minimum Gasteiger partial charge on any atom is -0.508 e. The van der Waals surface area contributed by atoms with Crippen LogP contribution in [0.3, 0.4) is 0 Å². The van der Waals surface area contributed by atoms with E-state index in [2.05, 4.69) is 95.6 Å². The first kappa shape index (κ1) is 95.0. The van der Waals surface area contributed by atoms with E-state index in [0.717, 1.165) is 170 Å². The van der Waals surface area contributed by atoms with Gasteiger partial charge in [-0.05, 0) is 195 Å². The number of nitrogens with two attached hydrogens (primary N) is 3.